The van der Waals surface area contributed by atoms with Crippen molar-refractivity contribution in [1.82, 2.24) is 0 Å². The Balaban J connectivity index is 4.67. The predicted molar refractivity (Wildman–Crippen MR) is 426 cm³/mol. The highest BCUT2D eigenvalue weighted by molar-refractivity contribution is 7.47. The van der Waals surface area contributed by atoms with Gasteiger partial charge in [0.2, 0.25) is 0 Å². The second-order valence-electron chi connectivity index (χ2n) is 25.4. The minimum atomic E-state index is -4.95. The van der Waals surface area contributed by atoms with Gasteiger partial charge in [-0.1, -0.05) is 287 Å². The average molecular weight is 1480 g/mol. The van der Waals surface area contributed by atoms with Crippen LogP contribution in [0.4, 0.5) is 0 Å². The molecule has 0 aliphatic carbocycles. The van der Waals surface area contributed by atoms with Crippen LogP contribution >= 0.6 is 15.6 Å². The molecule has 18 heteroatoms. The van der Waals surface area contributed by atoms with Gasteiger partial charge in [0.15, 0.2) is 6.10 Å². The highest BCUT2D eigenvalue weighted by Crippen LogP contribution is 2.45. The predicted octanol–water partition coefficient (Wildman–Crippen LogP) is 23.0. The van der Waals surface area contributed by atoms with E-state index in [0.717, 1.165) is 199 Å². The number of unbranched alkanes of at least 4 members (excludes halogenated alkanes) is 19. The number of phosphoric ester groups is 2. The SMILES string of the molecule is CC/C=C\C/C=C\C/C=C\C/C=C\C/C=C\C/C=C\CCCCCCCCCCC(=O)OCC(O)COP(=O)(O)OCC(O)COP(=O)(O)OCC(COC(=O)CCCCCCCCC/C=C\C/C=C\C/C=C\C/C=C\C/C=C\CC)OC(=O)CCCCCC/C=C\C/C=C\C/C=C\C/C=C\CC. The number of hydrogen-bond donors (Lipinski definition) is 4. The fraction of sp³-hybridized carbons (Fsp3) is 0.612. The highest BCUT2D eigenvalue weighted by Gasteiger charge is 2.29. The van der Waals surface area contributed by atoms with E-state index in [1.54, 1.807) is 0 Å². The molecule has 0 fully saturated rings. The molecule has 0 rings (SSSR count). The molecule has 0 heterocycles. The molecule has 0 spiro atoms. The van der Waals surface area contributed by atoms with E-state index in [0.29, 0.717) is 19.3 Å². The fourth-order valence-corrected chi connectivity index (χ4v) is 11.4. The van der Waals surface area contributed by atoms with Crippen molar-refractivity contribution in [1.29, 1.82) is 0 Å². The van der Waals surface area contributed by atoms with Crippen molar-refractivity contribution in [3.8, 4) is 0 Å². The van der Waals surface area contributed by atoms with Crippen LogP contribution in [0.25, 0.3) is 0 Å². The summed E-state index contributed by atoms with van der Waals surface area (Å²) in [6.45, 7) is 2.27. The molecule has 0 radical (unpaired) electrons. The second-order valence-corrected chi connectivity index (χ2v) is 28.3. The van der Waals surface area contributed by atoms with Gasteiger partial charge in [-0.3, -0.25) is 32.5 Å². The summed E-state index contributed by atoms with van der Waals surface area (Å²) in [4.78, 5) is 58.7. The maximum atomic E-state index is 13.0. The van der Waals surface area contributed by atoms with Crippen LogP contribution in [0, 0.1) is 0 Å². The summed E-state index contributed by atoms with van der Waals surface area (Å²) >= 11 is 0. The molecule has 0 saturated heterocycles. The van der Waals surface area contributed by atoms with Gasteiger partial charge in [-0.05, 0) is 154 Å². The molecular weight excluding hydrogens is 1340 g/mol. The third-order valence-corrected chi connectivity index (χ3v) is 17.5. The minimum Gasteiger partial charge on any atom is -0.463 e. The zero-order valence-electron chi connectivity index (χ0n) is 63.7. The number of carbonyl (C=O) groups is 3. The molecule has 584 valence electrons. The van der Waals surface area contributed by atoms with Crippen LogP contribution in [0.1, 0.15) is 278 Å². The molecule has 0 aliphatic rings. The Morgan fingerprint density at radius 1 is 0.272 bits per heavy atom. The number of phosphoric acid groups is 2. The quantitative estimate of drug-likeness (QED) is 0.0146. The first kappa shape index (κ1) is 97.7. The topological polar surface area (TPSA) is 231 Å². The first-order valence-corrected chi connectivity index (χ1v) is 42.1. The summed E-state index contributed by atoms with van der Waals surface area (Å²) in [6, 6.07) is 0. The summed E-state index contributed by atoms with van der Waals surface area (Å²) < 4.78 is 61.1. The van der Waals surface area contributed by atoms with E-state index in [-0.39, 0.29) is 19.3 Å². The van der Waals surface area contributed by atoms with Gasteiger partial charge in [0, 0.05) is 19.3 Å². The summed E-state index contributed by atoms with van der Waals surface area (Å²) in [7, 11) is -9.82. The molecule has 0 aromatic rings. The number of rotatable bonds is 72. The Labute approximate surface area is 624 Å². The molecule has 0 saturated carbocycles. The Kier molecular flexibility index (Phi) is 72.3. The van der Waals surface area contributed by atoms with E-state index >= 15 is 0 Å². The van der Waals surface area contributed by atoms with Crippen molar-refractivity contribution in [2.24, 2.45) is 0 Å². The molecule has 0 amide bonds. The summed E-state index contributed by atoms with van der Waals surface area (Å²) in [5.41, 5.74) is 0. The normalized spacial score (nSPS) is 15.0. The van der Waals surface area contributed by atoms with Gasteiger partial charge in [-0.2, -0.15) is 0 Å². The van der Waals surface area contributed by atoms with E-state index in [9.17, 15) is 43.5 Å². The number of hydrogen-bond acceptors (Lipinski definition) is 14. The van der Waals surface area contributed by atoms with Gasteiger partial charge in [0.25, 0.3) is 0 Å². The van der Waals surface area contributed by atoms with Crippen LogP contribution < -0.4 is 0 Å². The minimum absolute atomic E-state index is 0.0669. The van der Waals surface area contributed by atoms with Crippen molar-refractivity contribution in [3.63, 3.8) is 0 Å². The van der Waals surface area contributed by atoms with E-state index < -0.39 is 91.5 Å². The first-order chi connectivity index (χ1) is 50.2. The van der Waals surface area contributed by atoms with Crippen LogP contribution in [0.3, 0.4) is 0 Å². The molecule has 0 aromatic carbocycles. The van der Waals surface area contributed by atoms with Gasteiger partial charge in [0.1, 0.15) is 25.4 Å². The Bertz CT molecular complexity index is 2600. The van der Waals surface area contributed by atoms with Gasteiger partial charge >= 0.3 is 33.6 Å². The number of esters is 3. The molecule has 0 aromatic heterocycles. The largest absolute Gasteiger partial charge is 0.472 e. The van der Waals surface area contributed by atoms with Gasteiger partial charge in [-0.25, -0.2) is 9.13 Å². The first-order valence-electron chi connectivity index (χ1n) is 39.1. The standard InChI is InChI=1S/C85H138O16P2/c1-4-7-10-13-16-19-22-25-28-31-33-35-37-38-39-40-42-44-45-48-50-53-56-59-62-65-68-71-83(88)95-74-80(86)75-97-102(91,92)98-76-81(87)77-99-103(93,94)100-79-82(101-85(90)73-70-67-64-61-58-55-52-47-30-27-24-21-18-15-12-9-6-3)78-96-84(89)72-69-66-63-60-57-54-51-49-46-43-41-36-34-32-29-26-23-20-17-14-11-8-5-2/h7-12,16-21,25-30,33-36,38-39,42-44,46,52,55,80-82,86-87H,4-6,13-15,22-24,31-32,37,40-41,45,47-51,53-54,56-79H2,1-3H3,(H,91,92)(H,93,94)/b10-7-,11-8-,12-9-,19-16-,20-17-,21-18-,28-25-,29-26-,30-27-,35-33-,36-34-,39-38-,44-42-,46-43-,55-52-. The van der Waals surface area contributed by atoms with Crippen LogP contribution in [0.15, 0.2) is 182 Å². The zero-order valence-corrected chi connectivity index (χ0v) is 65.5. The zero-order chi connectivity index (χ0) is 75.2. The van der Waals surface area contributed by atoms with E-state index in [1.165, 1.54) is 19.3 Å². The number of aliphatic hydroxyl groups excluding tert-OH is 2. The van der Waals surface area contributed by atoms with Crippen molar-refractivity contribution in [3.05, 3.63) is 182 Å². The van der Waals surface area contributed by atoms with E-state index in [1.807, 2.05) is 0 Å². The van der Waals surface area contributed by atoms with Gasteiger partial charge in [-0.15, -0.1) is 0 Å². The van der Waals surface area contributed by atoms with Crippen LogP contribution in [-0.2, 0) is 55.8 Å². The van der Waals surface area contributed by atoms with Gasteiger partial charge < -0.3 is 34.2 Å². The molecular formula is C85H138O16P2. The maximum Gasteiger partial charge on any atom is 0.472 e. The molecule has 0 bridgehead atoms. The Hall–Kier alpha value is -5.35. The fourth-order valence-electron chi connectivity index (χ4n) is 9.77. The van der Waals surface area contributed by atoms with Crippen molar-refractivity contribution in [2.45, 2.75) is 296 Å². The summed E-state index contributed by atoms with van der Waals surface area (Å²) in [5.74, 6) is -1.63. The summed E-state index contributed by atoms with van der Waals surface area (Å²) in [5, 5.41) is 20.6. The van der Waals surface area contributed by atoms with Crippen molar-refractivity contribution < 1.29 is 75.8 Å². The Morgan fingerprint density at radius 2 is 0.485 bits per heavy atom. The average Bonchev–Trinajstić information content (AvgIpc) is 0.929. The lowest BCUT2D eigenvalue weighted by atomic mass is 10.1. The number of ether oxygens (including phenoxy) is 3. The summed E-state index contributed by atoms with van der Waals surface area (Å²) in [6.07, 6.45) is 97.8. The van der Waals surface area contributed by atoms with Crippen molar-refractivity contribution >= 4 is 33.6 Å². The molecule has 5 unspecified atom stereocenters. The van der Waals surface area contributed by atoms with E-state index in [2.05, 4.69) is 203 Å². The number of carbonyl (C=O) groups excluding carboxylic acids is 3. The monoisotopic (exact) mass is 1480 g/mol. The molecule has 5 atom stereocenters. The smallest absolute Gasteiger partial charge is 0.463 e. The lowest BCUT2D eigenvalue weighted by Crippen LogP contribution is -2.30. The Morgan fingerprint density at radius 3 is 0.767 bits per heavy atom. The second kappa shape index (κ2) is 76.3. The molecule has 16 nitrogen and oxygen atoms in total. The highest BCUT2D eigenvalue weighted by atomic mass is 31.2. The van der Waals surface area contributed by atoms with Crippen molar-refractivity contribution in [2.75, 3.05) is 39.6 Å². The third-order valence-electron chi connectivity index (χ3n) is 15.6. The van der Waals surface area contributed by atoms with Crippen LogP contribution in [0.2, 0.25) is 0 Å². The maximum absolute atomic E-state index is 13.0. The van der Waals surface area contributed by atoms with Crippen LogP contribution in [-0.4, -0.2) is 95.9 Å². The third kappa shape index (κ3) is 77.6. The van der Waals surface area contributed by atoms with Gasteiger partial charge in [0.05, 0.1) is 26.4 Å². The number of allylic oxidation sites excluding steroid dienone is 30. The molecule has 103 heavy (non-hydrogen) atoms. The van der Waals surface area contributed by atoms with Crippen LogP contribution in [0.5, 0.6) is 0 Å². The lowest BCUT2D eigenvalue weighted by Gasteiger charge is -2.21. The lowest BCUT2D eigenvalue weighted by molar-refractivity contribution is -0.161. The molecule has 4 N–H and O–H groups in total. The van der Waals surface area contributed by atoms with E-state index in [4.69, 9.17) is 32.3 Å². The molecule has 0 aliphatic heterocycles. The number of aliphatic hydroxyl groups is 2.